The number of aliphatic hydroxyl groups excluding tert-OH is 1. The molecule has 0 bridgehead atoms. The minimum absolute atomic E-state index is 0.132. The second kappa shape index (κ2) is 6.38. The first kappa shape index (κ1) is 15.2. The minimum Gasteiger partial charge on any atom is -0.444 e. The number of amides is 1. The lowest BCUT2D eigenvalue weighted by molar-refractivity contribution is 0.0256. The van der Waals surface area contributed by atoms with E-state index < -0.39 is 11.7 Å². The molecule has 1 saturated heterocycles. The zero-order valence-electron chi connectivity index (χ0n) is 11.8. The van der Waals surface area contributed by atoms with Crippen LogP contribution in [0, 0.1) is 5.92 Å². The summed E-state index contributed by atoms with van der Waals surface area (Å²) in [5.41, 5.74) is -0.468. The van der Waals surface area contributed by atoms with E-state index in [1.165, 1.54) is 0 Å². The monoisotopic (exact) mass is 259 g/mol. The van der Waals surface area contributed by atoms with Crippen LogP contribution in [0.2, 0.25) is 0 Å². The number of carbonyl (C=O) groups is 1. The van der Waals surface area contributed by atoms with Gasteiger partial charge in [-0.3, -0.25) is 0 Å². The van der Waals surface area contributed by atoms with Gasteiger partial charge in [-0.25, -0.2) is 4.79 Å². The largest absolute Gasteiger partial charge is 0.444 e. The van der Waals surface area contributed by atoms with Crippen LogP contribution in [-0.4, -0.2) is 54.6 Å². The first-order chi connectivity index (χ1) is 8.33. The van der Waals surface area contributed by atoms with Gasteiger partial charge in [0.15, 0.2) is 0 Å². The fraction of sp³-hybridized carbons (Fsp3) is 0.923. The van der Waals surface area contributed by atoms with Gasteiger partial charge in [0.25, 0.3) is 0 Å². The van der Waals surface area contributed by atoms with Crippen LogP contribution < -0.4 is 0 Å². The predicted octanol–water partition coefficient (Wildman–Crippen LogP) is 1.64. The fourth-order valence-corrected chi connectivity index (χ4v) is 2.07. The molecule has 2 unspecified atom stereocenters. The summed E-state index contributed by atoms with van der Waals surface area (Å²) in [5, 5.41) is 9.95. The molecule has 1 heterocycles. The molecule has 5 heteroatoms. The Labute approximate surface area is 109 Å². The molecule has 106 valence electrons. The van der Waals surface area contributed by atoms with Crippen LogP contribution >= 0.6 is 0 Å². The van der Waals surface area contributed by atoms with Crippen molar-refractivity contribution in [2.75, 3.05) is 26.8 Å². The Morgan fingerprint density at radius 1 is 1.50 bits per heavy atom. The van der Waals surface area contributed by atoms with Gasteiger partial charge in [-0.15, -0.1) is 0 Å². The lowest BCUT2D eigenvalue weighted by Crippen LogP contribution is -2.36. The maximum absolute atomic E-state index is 11.8. The molecule has 0 saturated carbocycles. The number of aliphatic hydroxyl groups is 1. The number of methoxy groups -OCH3 is 1. The molecule has 0 aromatic carbocycles. The van der Waals surface area contributed by atoms with Crippen molar-refractivity contribution in [3.63, 3.8) is 0 Å². The molecule has 2 atom stereocenters. The number of carbonyl (C=O) groups excluding carboxylic acids is 1. The Morgan fingerprint density at radius 2 is 2.17 bits per heavy atom. The second-order valence-electron chi connectivity index (χ2n) is 5.82. The summed E-state index contributed by atoms with van der Waals surface area (Å²) >= 11 is 0. The summed E-state index contributed by atoms with van der Waals surface area (Å²) in [6, 6.07) is 0. The van der Waals surface area contributed by atoms with Gasteiger partial charge >= 0.3 is 6.09 Å². The van der Waals surface area contributed by atoms with Gasteiger partial charge in [0.2, 0.25) is 0 Å². The van der Waals surface area contributed by atoms with E-state index in [4.69, 9.17) is 9.47 Å². The van der Waals surface area contributed by atoms with Crippen LogP contribution in [0.1, 0.15) is 33.6 Å². The van der Waals surface area contributed by atoms with Crippen molar-refractivity contribution in [2.24, 2.45) is 5.92 Å². The highest BCUT2D eigenvalue weighted by atomic mass is 16.6. The summed E-state index contributed by atoms with van der Waals surface area (Å²) in [4.78, 5) is 13.5. The topological polar surface area (TPSA) is 59.0 Å². The molecule has 5 nitrogen and oxygen atoms in total. The average molecular weight is 259 g/mol. The van der Waals surface area contributed by atoms with Crippen molar-refractivity contribution in [3.05, 3.63) is 0 Å². The third-order valence-corrected chi connectivity index (χ3v) is 3.04. The summed E-state index contributed by atoms with van der Waals surface area (Å²) < 4.78 is 10.3. The van der Waals surface area contributed by atoms with E-state index in [-0.39, 0.29) is 12.0 Å². The van der Waals surface area contributed by atoms with E-state index in [9.17, 15) is 9.90 Å². The summed E-state index contributed by atoms with van der Waals surface area (Å²) in [6.45, 7) is 7.33. The fourth-order valence-electron chi connectivity index (χ4n) is 2.07. The highest BCUT2D eigenvalue weighted by Gasteiger charge is 2.32. The minimum atomic E-state index is -0.468. The zero-order valence-corrected chi connectivity index (χ0v) is 11.8. The molecule has 1 rings (SSSR count). The van der Waals surface area contributed by atoms with E-state index in [1.54, 1.807) is 12.0 Å². The molecule has 0 aromatic rings. The number of rotatable bonds is 4. The quantitative estimate of drug-likeness (QED) is 0.834. The number of hydrogen-bond acceptors (Lipinski definition) is 4. The molecule has 1 aliphatic rings. The van der Waals surface area contributed by atoms with Gasteiger partial charge < -0.3 is 19.5 Å². The van der Waals surface area contributed by atoms with Gasteiger partial charge in [-0.05, 0) is 33.6 Å². The Kier molecular flexibility index (Phi) is 5.41. The van der Waals surface area contributed by atoms with Crippen molar-refractivity contribution in [1.29, 1.82) is 0 Å². The Balaban J connectivity index is 2.38. The van der Waals surface area contributed by atoms with Crippen molar-refractivity contribution in [2.45, 2.75) is 45.3 Å². The van der Waals surface area contributed by atoms with E-state index in [2.05, 4.69) is 0 Å². The Bertz CT molecular complexity index is 275. The molecule has 1 aliphatic heterocycles. The van der Waals surface area contributed by atoms with Crippen LogP contribution in [0.4, 0.5) is 4.79 Å². The first-order valence-corrected chi connectivity index (χ1v) is 6.48. The van der Waals surface area contributed by atoms with Crippen molar-refractivity contribution in [3.8, 4) is 0 Å². The zero-order chi connectivity index (χ0) is 13.8. The Hall–Kier alpha value is -0.810. The number of nitrogens with zero attached hydrogens (tertiary/aromatic N) is 1. The highest BCUT2D eigenvalue weighted by molar-refractivity contribution is 5.68. The summed E-state index contributed by atoms with van der Waals surface area (Å²) in [5.74, 6) is 0.132. The highest BCUT2D eigenvalue weighted by Crippen LogP contribution is 2.23. The molecule has 0 aromatic heterocycles. The van der Waals surface area contributed by atoms with Crippen LogP contribution in [0.5, 0.6) is 0 Å². The lowest BCUT2D eigenvalue weighted by atomic mass is 9.99. The smallest absolute Gasteiger partial charge is 0.410 e. The van der Waals surface area contributed by atoms with Crippen molar-refractivity contribution < 1.29 is 19.4 Å². The van der Waals surface area contributed by atoms with Gasteiger partial charge in [0.1, 0.15) is 5.60 Å². The molecule has 0 aliphatic carbocycles. The SMILES string of the molecule is COCCC(O)C1CCN(C(=O)OC(C)(C)C)C1. The van der Waals surface area contributed by atoms with Crippen molar-refractivity contribution >= 4 is 6.09 Å². The van der Waals surface area contributed by atoms with Crippen LogP contribution in [0.3, 0.4) is 0 Å². The first-order valence-electron chi connectivity index (χ1n) is 6.48. The number of likely N-dealkylation sites (tertiary alicyclic amines) is 1. The molecule has 18 heavy (non-hydrogen) atoms. The van der Waals surface area contributed by atoms with Crippen LogP contribution in [-0.2, 0) is 9.47 Å². The standard InChI is InChI=1S/C13H25NO4/c1-13(2,3)18-12(16)14-7-5-10(9-14)11(15)6-8-17-4/h10-11,15H,5-9H2,1-4H3. The van der Waals surface area contributed by atoms with E-state index in [0.717, 1.165) is 6.42 Å². The lowest BCUT2D eigenvalue weighted by Gasteiger charge is -2.25. The Morgan fingerprint density at radius 3 is 2.72 bits per heavy atom. The van der Waals surface area contributed by atoms with Gasteiger partial charge in [-0.2, -0.15) is 0 Å². The molecule has 0 radical (unpaired) electrons. The van der Waals surface area contributed by atoms with Crippen molar-refractivity contribution in [1.82, 2.24) is 4.90 Å². The maximum Gasteiger partial charge on any atom is 0.410 e. The molecular weight excluding hydrogens is 234 g/mol. The molecular formula is C13H25NO4. The third-order valence-electron chi connectivity index (χ3n) is 3.04. The van der Waals surface area contributed by atoms with Gasteiger partial charge in [0.05, 0.1) is 6.10 Å². The van der Waals surface area contributed by atoms with Gasteiger partial charge in [0, 0.05) is 32.7 Å². The van der Waals surface area contributed by atoms with Crippen LogP contribution in [0.15, 0.2) is 0 Å². The van der Waals surface area contributed by atoms with E-state index >= 15 is 0 Å². The van der Waals surface area contributed by atoms with E-state index in [1.807, 2.05) is 20.8 Å². The third kappa shape index (κ3) is 4.82. The second-order valence-corrected chi connectivity index (χ2v) is 5.82. The molecule has 1 amide bonds. The predicted molar refractivity (Wildman–Crippen MR) is 68.4 cm³/mol. The molecule has 0 spiro atoms. The summed E-state index contributed by atoms with van der Waals surface area (Å²) in [7, 11) is 1.62. The maximum atomic E-state index is 11.8. The van der Waals surface area contributed by atoms with Crippen LogP contribution in [0.25, 0.3) is 0 Å². The normalized spacial score (nSPS) is 22.1. The van der Waals surface area contributed by atoms with Gasteiger partial charge in [-0.1, -0.05) is 0 Å². The number of hydrogen-bond donors (Lipinski definition) is 1. The average Bonchev–Trinajstić information content (AvgIpc) is 2.72. The number of ether oxygens (including phenoxy) is 2. The van der Waals surface area contributed by atoms with E-state index in [0.29, 0.717) is 26.1 Å². The molecule has 1 fully saturated rings. The molecule has 1 N–H and O–H groups in total. The summed E-state index contributed by atoms with van der Waals surface area (Å²) in [6.07, 6.45) is 0.745.